The molecule has 2 unspecified atom stereocenters. The highest BCUT2D eigenvalue weighted by molar-refractivity contribution is 7.15. The lowest BCUT2D eigenvalue weighted by molar-refractivity contribution is -0.578. The van der Waals surface area contributed by atoms with Crippen molar-refractivity contribution < 1.29 is 124 Å². The van der Waals surface area contributed by atoms with Crippen molar-refractivity contribution in [2.45, 2.75) is 149 Å². The number of nitroso groups, excluding NO2 is 1. The summed E-state index contributed by atoms with van der Waals surface area (Å²) in [6, 6.07) is 20.7. The van der Waals surface area contributed by atoms with Gasteiger partial charge in [-0.25, -0.2) is 4.79 Å². The SMILES string of the molecule is Cc1sc2c(c1C)C(c1ccc(Cl)cc1)=N[C@@H](CC(=O)NCCCOCCOCCOCCC[N+](=O)COc1cccc3c1C(=O)N(C1CCC(=O)NC1=O)C3=O)c1nnc(C)n1-2.Cc1sc2c(c1C)C(c1ccc(Cl)cc1)=N[C@@H](CC(=O)O)c1nnc(C)n1-2.NCCCOCCOCCOCCCCC(=O)COc1cccc2c1C(=O)N(C1CCC(=O)NC1=O)C2=O.O=C(O)C(F)(F)F. The summed E-state index contributed by atoms with van der Waals surface area (Å²) in [7, 11) is 0. The molecule has 14 rings (SSSR count). The molecule has 6 aliphatic heterocycles. The molecule has 135 heavy (non-hydrogen) atoms. The van der Waals surface area contributed by atoms with Gasteiger partial charge in [0.15, 0.2) is 24.0 Å². The number of nitrogens with zero attached hydrogens (tertiary/aromatic N) is 11. The number of nitrogens with two attached hydrogens (primary N) is 1. The number of Topliss-reactive ketones (excluding diaryl/α,β-unsaturated/α-hetero) is 1. The van der Waals surface area contributed by atoms with E-state index >= 15 is 0 Å². The number of thiophene rings is 2. The highest BCUT2D eigenvalue weighted by Gasteiger charge is 2.49. The molecule has 2 fully saturated rings. The van der Waals surface area contributed by atoms with Crippen LogP contribution in [0.15, 0.2) is 94.9 Å². The number of piperidine rings is 2. The van der Waals surface area contributed by atoms with Crippen LogP contribution in [-0.4, -0.2) is 267 Å². The van der Waals surface area contributed by atoms with E-state index < -0.39 is 96.3 Å². The first-order valence-electron chi connectivity index (χ1n) is 43.2. The van der Waals surface area contributed by atoms with E-state index in [9.17, 15) is 75.9 Å². The quantitative estimate of drug-likeness (QED) is 0.00896. The van der Waals surface area contributed by atoms with Crippen molar-refractivity contribution in [2.24, 2.45) is 15.7 Å². The number of ketones is 1. The number of carbonyl (C=O) groups is 12. The van der Waals surface area contributed by atoms with E-state index in [0.29, 0.717) is 145 Å². The molecule has 6 aliphatic rings. The number of benzene rings is 4. The minimum atomic E-state index is -5.08. The van der Waals surface area contributed by atoms with Crippen LogP contribution in [0.3, 0.4) is 0 Å². The van der Waals surface area contributed by atoms with Crippen LogP contribution in [0.5, 0.6) is 11.5 Å². The Balaban J connectivity index is 0.000000205. The number of fused-ring (bicyclic) bond motifs is 8. The van der Waals surface area contributed by atoms with Gasteiger partial charge in [0.05, 0.1) is 106 Å². The Hall–Kier alpha value is -12.2. The van der Waals surface area contributed by atoms with Crippen LogP contribution in [0, 0.1) is 46.4 Å². The van der Waals surface area contributed by atoms with Gasteiger partial charge in [0.2, 0.25) is 29.5 Å². The zero-order chi connectivity index (χ0) is 97.3. The number of amides is 9. The summed E-state index contributed by atoms with van der Waals surface area (Å²) >= 11 is 15.6. The maximum atomic E-state index is 13.2. The smallest absolute Gasteiger partial charge is 0.485 e. The molecule has 0 saturated carbocycles. The average Bonchev–Trinajstić information content (AvgIpc) is 1.62. The molecule has 4 aromatic heterocycles. The third kappa shape index (κ3) is 26.7. The van der Waals surface area contributed by atoms with Crippen molar-refractivity contribution in [3.63, 3.8) is 0 Å². The molecule has 0 spiro atoms. The molecule has 10 heterocycles. The minimum absolute atomic E-state index is 0.00816. The van der Waals surface area contributed by atoms with Gasteiger partial charge in [0, 0.05) is 104 Å². The van der Waals surface area contributed by atoms with Crippen LogP contribution < -0.4 is 31.2 Å². The average molecular weight is 1950 g/mol. The lowest BCUT2D eigenvalue weighted by Gasteiger charge is -2.27. The number of hydrogen-bond acceptors (Lipinski definition) is 30. The Morgan fingerprint density at radius 1 is 0.533 bits per heavy atom. The van der Waals surface area contributed by atoms with Gasteiger partial charge in [-0.1, -0.05) is 59.6 Å². The maximum Gasteiger partial charge on any atom is 0.490 e. The Labute approximate surface area is 789 Å². The van der Waals surface area contributed by atoms with Crippen molar-refractivity contribution >= 4 is 128 Å². The molecular weight excluding hydrogens is 1850 g/mol. The van der Waals surface area contributed by atoms with Gasteiger partial charge in [-0.15, -0.1) is 43.1 Å². The van der Waals surface area contributed by atoms with Crippen LogP contribution in [0.25, 0.3) is 10.0 Å². The number of imide groups is 4. The van der Waals surface area contributed by atoms with E-state index in [1.807, 2.05) is 71.5 Å². The molecule has 9 amide bonds. The monoisotopic (exact) mass is 1950 g/mol. The van der Waals surface area contributed by atoms with E-state index in [2.05, 4.69) is 64.0 Å². The van der Waals surface area contributed by atoms with E-state index in [1.54, 1.807) is 28.7 Å². The Kier molecular flexibility index (Phi) is 37.4. The highest BCUT2D eigenvalue weighted by Crippen LogP contribution is 2.43. The van der Waals surface area contributed by atoms with E-state index in [-0.39, 0.29) is 104 Å². The number of hydrogen-bond donors (Lipinski definition) is 6. The van der Waals surface area contributed by atoms with Crippen LogP contribution in [0.2, 0.25) is 10.0 Å². The summed E-state index contributed by atoms with van der Waals surface area (Å²) in [5.74, 6) is -6.18. The molecule has 2 saturated heterocycles. The Bertz CT molecular complexity index is 5780. The molecule has 7 N–H and O–H groups in total. The molecule has 8 aromatic rings. The fourth-order valence-corrected chi connectivity index (χ4v) is 17.5. The van der Waals surface area contributed by atoms with Gasteiger partial charge in [-0.2, -0.15) is 13.2 Å². The van der Waals surface area contributed by atoms with E-state index in [4.69, 9.17) is 86.7 Å². The number of rotatable bonds is 42. The molecule has 0 bridgehead atoms. The summed E-state index contributed by atoms with van der Waals surface area (Å²) in [6.07, 6.45) is -1.55. The largest absolute Gasteiger partial charge is 0.490 e. The second-order valence-corrected chi connectivity index (χ2v) is 34.6. The summed E-state index contributed by atoms with van der Waals surface area (Å²) in [5, 5.41) is 44.3. The molecule has 4 aromatic carbocycles. The van der Waals surface area contributed by atoms with Crippen LogP contribution >= 0.6 is 45.9 Å². The van der Waals surface area contributed by atoms with Gasteiger partial charge in [0.25, 0.3) is 23.6 Å². The Morgan fingerprint density at radius 2 is 0.948 bits per heavy atom. The lowest BCUT2D eigenvalue weighted by atomic mass is 9.99. The van der Waals surface area contributed by atoms with Crippen molar-refractivity contribution in [3.05, 3.63) is 189 Å². The second-order valence-electron chi connectivity index (χ2n) is 31.3. The van der Waals surface area contributed by atoms with Gasteiger partial charge >= 0.3 is 24.8 Å². The number of halogens is 5. The summed E-state index contributed by atoms with van der Waals surface area (Å²) in [5.41, 5.74) is 13.2. The number of carboxylic acids is 2. The highest BCUT2D eigenvalue weighted by atomic mass is 35.5. The molecule has 45 heteroatoms. The second kappa shape index (κ2) is 48.8. The normalized spacial score (nSPS) is 16.4. The van der Waals surface area contributed by atoms with Crippen molar-refractivity contribution in [1.82, 2.24) is 55.3 Å². The molecule has 38 nitrogen and oxygen atoms in total. The first kappa shape index (κ1) is 103. The first-order valence-corrected chi connectivity index (χ1v) is 45.6. The maximum absolute atomic E-state index is 13.2. The molecule has 4 atom stereocenters. The number of unbranched alkanes of at least 4 members (excludes halogenated alkanes) is 1. The fraction of sp³-hybridized carbons (Fsp3) is 0.444. The van der Waals surface area contributed by atoms with Crippen molar-refractivity contribution in [1.29, 1.82) is 0 Å². The first-order chi connectivity index (χ1) is 64.7. The summed E-state index contributed by atoms with van der Waals surface area (Å²) in [4.78, 5) is 172. The number of carbonyl (C=O) groups excluding carboxylic acids is 10. The number of nitrogens with one attached hydrogen (secondary N) is 3. The number of carboxylic acid groups (broad SMARTS) is 2. The van der Waals surface area contributed by atoms with Crippen LogP contribution in [0.4, 0.5) is 13.2 Å². The number of aliphatic carboxylic acids is 2. The number of aryl methyl sites for hydroxylation is 4. The molecular formula is C90H101Cl2F3N15O23S2+. The van der Waals surface area contributed by atoms with Gasteiger partial charge < -0.3 is 59.2 Å². The summed E-state index contributed by atoms with van der Waals surface area (Å²) in [6.45, 7) is 17.8. The topological polar surface area (TPSA) is 494 Å². The fourth-order valence-electron chi connectivity index (χ4n) is 14.9. The lowest BCUT2D eigenvalue weighted by Crippen LogP contribution is -2.54. The predicted molar refractivity (Wildman–Crippen MR) is 483 cm³/mol. The van der Waals surface area contributed by atoms with Crippen LogP contribution in [0.1, 0.15) is 197 Å². The van der Waals surface area contributed by atoms with Crippen LogP contribution in [-0.2, 0) is 66.8 Å². The van der Waals surface area contributed by atoms with Crippen molar-refractivity contribution in [2.75, 3.05) is 112 Å². The minimum Gasteiger partial charge on any atom is -0.485 e. The van der Waals surface area contributed by atoms with Gasteiger partial charge in [0.1, 0.15) is 63.9 Å². The summed E-state index contributed by atoms with van der Waals surface area (Å²) < 4.78 is 80.6. The molecule has 0 aliphatic carbocycles. The van der Waals surface area contributed by atoms with Crippen molar-refractivity contribution in [3.8, 4) is 21.5 Å². The number of alkyl halides is 3. The number of aliphatic imine (C=N–C) groups is 2. The Morgan fingerprint density at radius 3 is 1.38 bits per heavy atom. The van der Waals surface area contributed by atoms with Gasteiger partial charge in [-0.05, 0) is 146 Å². The zero-order valence-corrected chi connectivity index (χ0v) is 77.7. The third-order valence-corrected chi connectivity index (χ3v) is 24.7. The third-order valence-electron chi connectivity index (χ3n) is 21.8. The molecule has 720 valence electrons. The van der Waals surface area contributed by atoms with Gasteiger partial charge in [-0.3, -0.25) is 92.3 Å². The predicted octanol–water partition coefficient (Wildman–Crippen LogP) is 9.86. The van der Waals surface area contributed by atoms with E-state index in [0.717, 1.165) is 82.7 Å². The van der Waals surface area contributed by atoms with E-state index in [1.165, 1.54) is 40.1 Å². The molecule has 0 radical (unpaired) electrons. The standard InChI is InChI=1S/C43H47ClN8O10S.C26H35N3O9.C19H17ClN4O2S.C2HF3O2/c1-25-26(2)63-43-36(25)38(28-9-11-29(44)12-10-28)46-31(39-49-48-27(3)51(39)43)23-35(54)45-15-5-17-59-19-21-61-22-20-60-18-6-16-50(58)24-62-33-8-4-7-30-37(33)42(57)52(41(30)56)32-13-14-34(53)47-40(32)55;27-10-4-12-36-14-16-37-15-13-35-11-2-1-5-18(30)17-38-21-7-3-6-19-23(21)26(34)29(25(19)33)20-8-9-22(31)28-24(20)32;1-9-10(2)27-19-16(9)17(12-4-6-13(20)7-5-12)21-14(8-15(25)26)18-23-22-11(3)24(18)19;3-2(4,5)1(6)7/h4,7-12,31-32H,5-6,13-24H2,1-3H3,(H-,45,47,53,54,55);3,6-7,20H,1-2,4-5,8-17,27H2,(H,28,31,32);4-7,14H,8H2,1-3H3,(H,25,26);(H,6,7)/p+1/t31-,32?;;14-;/m0.0./s1. The number of ether oxygens (including phenoxy) is 8. The zero-order valence-electron chi connectivity index (χ0n) is 74.6. The number of aromatic nitrogens is 6.